The molecule has 0 unspecified atom stereocenters. The Morgan fingerprint density at radius 3 is 2.90 bits per heavy atom. The molecule has 1 saturated heterocycles. The molecule has 162 valence electrons. The number of hydrogen-bond donors (Lipinski definition) is 1. The molecule has 3 heterocycles. The van der Waals surface area contributed by atoms with E-state index in [0.717, 1.165) is 30.7 Å². The zero-order valence-corrected chi connectivity index (χ0v) is 18.4. The van der Waals surface area contributed by atoms with Crippen molar-refractivity contribution >= 4 is 23.2 Å². The lowest BCUT2D eigenvalue weighted by Crippen LogP contribution is -2.31. The third-order valence-corrected chi connectivity index (χ3v) is 6.15. The van der Waals surface area contributed by atoms with E-state index < -0.39 is 0 Å². The number of aryl methyl sites for hydroxylation is 2. The van der Waals surface area contributed by atoms with Crippen LogP contribution in [0.4, 0.5) is 0 Å². The van der Waals surface area contributed by atoms with Gasteiger partial charge in [-0.1, -0.05) is 17.7 Å². The van der Waals surface area contributed by atoms with E-state index in [9.17, 15) is 9.59 Å². The second-order valence-corrected chi connectivity index (χ2v) is 8.48. The van der Waals surface area contributed by atoms with E-state index in [1.54, 1.807) is 18.2 Å². The number of ether oxygens (including phenoxy) is 1. The van der Waals surface area contributed by atoms with Gasteiger partial charge in [0.1, 0.15) is 5.76 Å². The van der Waals surface area contributed by atoms with Gasteiger partial charge in [0.05, 0.1) is 12.6 Å². The quantitative estimate of drug-likeness (QED) is 0.637. The van der Waals surface area contributed by atoms with Gasteiger partial charge in [-0.3, -0.25) is 9.59 Å². The minimum Gasteiger partial charge on any atom is -0.454 e. The number of aromatic nitrogens is 1. The molecule has 1 atom stereocenters. The van der Waals surface area contributed by atoms with Crippen LogP contribution >= 0.6 is 11.3 Å². The molecule has 2 aromatic heterocycles. The second-order valence-electron chi connectivity index (χ2n) is 7.64. The Balaban J connectivity index is 1.47. The molecule has 8 heteroatoms. The number of carbonyl (C=O) groups excluding carboxylic acids is 2. The van der Waals surface area contributed by atoms with Crippen molar-refractivity contribution in [3.05, 3.63) is 74.9 Å². The molecule has 0 aliphatic carbocycles. The maximum absolute atomic E-state index is 12.6. The summed E-state index contributed by atoms with van der Waals surface area (Å²) in [5.41, 5.74) is 2.53. The van der Waals surface area contributed by atoms with E-state index in [-0.39, 0.29) is 23.7 Å². The summed E-state index contributed by atoms with van der Waals surface area (Å²) >= 11 is 1.40. The highest BCUT2D eigenvalue weighted by Gasteiger charge is 2.18. The van der Waals surface area contributed by atoms with E-state index in [0.29, 0.717) is 29.2 Å². The Labute approximate surface area is 184 Å². The molecule has 7 nitrogen and oxygen atoms in total. The van der Waals surface area contributed by atoms with Gasteiger partial charge >= 0.3 is 0 Å². The van der Waals surface area contributed by atoms with Gasteiger partial charge in [-0.2, -0.15) is 4.99 Å². The Hall–Kier alpha value is -2.97. The summed E-state index contributed by atoms with van der Waals surface area (Å²) in [6.45, 7) is 5.51. The topological polar surface area (TPSA) is 85.8 Å². The lowest BCUT2D eigenvalue weighted by atomic mass is 10.1. The van der Waals surface area contributed by atoms with Crippen molar-refractivity contribution < 1.29 is 18.7 Å². The Kier molecular flexibility index (Phi) is 6.48. The summed E-state index contributed by atoms with van der Waals surface area (Å²) in [5.74, 6) is 0.338. The summed E-state index contributed by atoms with van der Waals surface area (Å²) in [6, 6.07) is 10.8. The standard InChI is InChI=1S/C23H25N3O4S/c1-15-5-3-6-17(11-15)21(27)25-23-26(16(2)14-31-23)13-19-8-9-20(30-19)22(28)24-12-18-7-4-10-29-18/h3,5-6,8-9,11,14,18H,4,7,10,12-13H2,1-2H3,(H,24,28)/t18-/m1/s1. The molecular formula is C23H25N3O4S. The van der Waals surface area contributed by atoms with Gasteiger partial charge < -0.3 is 19.0 Å². The molecule has 31 heavy (non-hydrogen) atoms. The molecule has 0 spiro atoms. The first-order valence-electron chi connectivity index (χ1n) is 10.3. The van der Waals surface area contributed by atoms with Gasteiger partial charge in [-0.15, -0.1) is 11.3 Å². The van der Waals surface area contributed by atoms with Crippen LogP contribution in [0.25, 0.3) is 0 Å². The monoisotopic (exact) mass is 439 g/mol. The average molecular weight is 440 g/mol. The maximum Gasteiger partial charge on any atom is 0.287 e. The number of amides is 2. The molecule has 1 aliphatic heterocycles. The van der Waals surface area contributed by atoms with Crippen molar-refractivity contribution in [3.63, 3.8) is 0 Å². The first kappa shape index (κ1) is 21.3. The predicted molar refractivity (Wildman–Crippen MR) is 117 cm³/mol. The Morgan fingerprint density at radius 2 is 2.13 bits per heavy atom. The third kappa shape index (κ3) is 5.21. The zero-order chi connectivity index (χ0) is 21.8. The van der Waals surface area contributed by atoms with Gasteiger partial charge in [0.25, 0.3) is 11.8 Å². The van der Waals surface area contributed by atoms with Crippen molar-refractivity contribution in [2.75, 3.05) is 13.2 Å². The summed E-state index contributed by atoms with van der Waals surface area (Å²) < 4.78 is 13.2. The van der Waals surface area contributed by atoms with E-state index in [4.69, 9.17) is 9.15 Å². The Morgan fingerprint density at radius 1 is 1.26 bits per heavy atom. The summed E-state index contributed by atoms with van der Waals surface area (Å²) in [5, 5.41) is 4.80. The zero-order valence-electron chi connectivity index (χ0n) is 17.6. The van der Waals surface area contributed by atoms with E-state index in [2.05, 4.69) is 10.3 Å². The molecule has 3 aromatic rings. The fourth-order valence-corrected chi connectivity index (χ4v) is 4.34. The average Bonchev–Trinajstić information content (AvgIpc) is 3.51. The normalized spacial score (nSPS) is 16.6. The SMILES string of the molecule is Cc1cccc(C(=O)N=c2scc(C)n2Cc2ccc(C(=O)NC[C@H]3CCCO3)o2)c1. The van der Waals surface area contributed by atoms with Crippen molar-refractivity contribution in [2.24, 2.45) is 4.99 Å². The molecule has 4 rings (SSSR count). The van der Waals surface area contributed by atoms with Crippen LogP contribution in [0.3, 0.4) is 0 Å². The van der Waals surface area contributed by atoms with Crippen molar-refractivity contribution in [2.45, 2.75) is 39.3 Å². The highest BCUT2D eigenvalue weighted by Crippen LogP contribution is 2.14. The first-order valence-corrected chi connectivity index (χ1v) is 11.2. The third-order valence-electron chi connectivity index (χ3n) is 5.17. The van der Waals surface area contributed by atoms with Crippen LogP contribution in [0.15, 0.2) is 51.2 Å². The second kappa shape index (κ2) is 9.45. The number of benzene rings is 1. The number of thiazole rings is 1. The summed E-state index contributed by atoms with van der Waals surface area (Å²) in [6.07, 6.45) is 2.07. The number of hydrogen-bond acceptors (Lipinski definition) is 5. The van der Waals surface area contributed by atoms with E-state index in [1.165, 1.54) is 11.3 Å². The minimum absolute atomic E-state index is 0.0810. The number of rotatable bonds is 6. The van der Waals surface area contributed by atoms with E-state index >= 15 is 0 Å². The highest BCUT2D eigenvalue weighted by molar-refractivity contribution is 7.07. The molecule has 1 aromatic carbocycles. The van der Waals surface area contributed by atoms with Crippen molar-refractivity contribution in [1.29, 1.82) is 0 Å². The van der Waals surface area contributed by atoms with Crippen molar-refractivity contribution in [1.82, 2.24) is 9.88 Å². The van der Waals surface area contributed by atoms with E-state index in [1.807, 2.05) is 42.0 Å². The lowest BCUT2D eigenvalue weighted by Gasteiger charge is -2.09. The fraction of sp³-hybridized carbons (Fsp3) is 0.348. The minimum atomic E-state index is -0.284. The fourth-order valence-electron chi connectivity index (χ4n) is 3.46. The van der Waals surface area contributed by atoms with Gasteiger partial charge in [0.2, 0.25) is 0 Å². The van der Waals surface area contributed by atoms with Gasteiger partial charge in [-0.05, 0) is 51.0 Å². The molecule has 0 bridgehead atoms. The highest BCUT2D eigenvalue weighted by atomic mass is 32.1. The van der Waals surface area contributed by atoms with Crippen LogP contribution < -0.4 is 10.1 Å². The van der Waals surface area contributed by atoms with Gasteiger partial charge in [-0.25, -0.2) is 0 Å². The van der Waals surface area contributed by atoms with Crippen molar-refractivity contribution in [3.8, 4) is 0 Å². The molecule has 0 radical (unpaired) electrons. The predicted octanol–water partition coefficient (Wildman–Crippen LogP) is 3.46. The first-order chi connectivity index (χ1) is 15.0. The number of nitrogens with zero attached hydrogens (tertiary/aromatic N) is 2. The molecule has 1 N–H and O–H groups in total. The molecule has 1 fully saturated rings. The summed E-state index contributed by atoms with van der Waals surface area (Å²) in [7, 11) is 0. The molecule has 0 saturated carbocycles. The maximum atomic E-state index is 12.6. The summed E-state index contributed by atoms with van der Waals surface area (Å²) in [4.78, 5) is 29.8. The number of nitrogens with one attached hydrogen (secondary N) is 1. The molecule has 2 amide bonds. The Bertz CT molecular complexity index is 1150. The van der Waals surface area contributed by atoms with Crippen LogP contribution in [-0.4, -0.2) is 35.6 Å². The van der Waals surface area contributed by atoms with Crippen LogP contribution in [-0.2, 0) is 11.3 Å². The van der Waals surface area contributed by atoms with Gasteiger partial charge in [0.15, 0.2) is 10.6 Å². The largest absolute Gasteiger partial charge is 0.454 e. The van der Waals surface area contributed by atoms with Gasteiger partial charge in [0, 0.05) is 29.8 Å². The van der Waals surface area contributed by atoms with Crippen LogP contribution in [0.5, 0.6) is 0 Å². The van der Waals surface area contributed by atoms with Crippen LogP contribution in [0, 0.1) is 13.8 Å². The number of furan rings is 1. The van der Waals surface area contributed by atoms with Crippen LogP contribution in [0.2, 0.25) is 0 Å². The molecular weight excluding hydrogens is 414 g/mol. The number of carbonyl (C=O) groups is 2. The van der Waals surface area contributed by atoms with Crippen LogP contribution in [0.1, 0.15) is 50.8 Å². The molecule has 1 aliphatic rings. The lowest BCUT2D eigenvalue weighted by molar-refractivity contribution is 0.0833. The smallest absolute Gasteiger partial charge is 0.287 e.